The third-order valence-electron chi connectivity index (χ3n) is 9.24. The maximum Gasteiger partial charge on any atom is 0.164 e. The molecule has 0 unspecified atom stereocenters. The third-order valence-corrected chi connectivity index (χ3v) is 9.24. The van der Waals surface area contributed by atoms with Gasteiger partial charge >= 0.3 is 0 Å². The van der Waals surface area contributed by atoms with Gasteiger partial charge in [0.15, 0.2) is 23.1 Å². The van der Waals surface area contributed by atoms with Gasteiger partial charge in [-0.05, 0) is 48.5 Å². The molecule has 0 amide bonds. The first-order valence-corrected chi connectivity index (χ1v) is 16.6. The molecule has 0 aliphatic carbocycles. The van der Waals surface area contributed by atoms with Crippen molar-refractivity contribution >= 4 is 43.9 Å². The molecule has 0 saturated heterocycles. The summed E-state index contributed by atoms with van der Waals surface area (Å²) in [6.07, 6.45) is 0. The first kappa shape index (κ1) is 28.1. The van der Waals surface area contributed by atoms with E-state index in [2.05, 4.69) is 83.4 Å². The van der Waals surface area contributed by atoms with Gasteiger partial charge in [0.05, 0.1) is 22.1 Å². The molecule has 10 rings (SSSR count). The molecule has 0 bridgehead atoms. The molecule has 4 aromatic heterocycles. The number of para-hydroxylation sites is 2. The maximum absolute atomic E-state index is 6.86. The summed E-state index contributed by atoms with van der Waals surface area (Å²) in [7, 11) is 0. The van der Waals surface area contributed by atoms with Crippen molar-refractivity contribution in [1.82, 2.24) is 24.5 Å². The van der Waals surface area contributed by atoms with Crippen LogP contribution in [-0.4, -0.2) is 24.5 Å². The SMILES string of the molecule is c1ccc(-c2nc(-c3ccccc3)nc(-c3ccc(-n4c5ccccc5c5oc6c7ccccc7nc(-c7ccccc7)c6c54)cc3)n2)cc1. The second-order valence-corrected chi connectivity index (χ2v) is 12.3. The monoisotopic (exact) mass is 641 g/mol. The van der Waals surface area contributed by atoms with Gasteiger partial charge in [-0.25, -0.2) is 19.9 Å². The van der Waals surface area contributed by atoms with E-state index in [0.717, 1.165) is 77.5 Å². The zero-order valence-electron chi connectivity index (χ0n) is 26.7. The lowest BCUT2D eigenvalue weighted by Gasteiger charge is -2.12. The van der Waals surface area contributed by atoms with Crippen LogP contribution < -0.4 is 0 Å². The summed E-state index contributed by atoms with van der Waals surface area (Å²) in [6, 6.07) is 55.5. The molecule has 0 aliphatic heterocycles. The topological polar surface area (TPSA) is 69.6 Å². The van der Waals surface area contributed by atoms with Crippen LogP contribution >= 0.6 is 0 Å². The molecule has 6 aromatic carbocycles. The molecular weight excluding hydrogens is 615 g/mol. The van der Waals surface area contributed by atoms with Crippen LogP contribution in [-0.2, 0) is 0 Å². The first-order chi connectivity index (χ1) is 24.8. The predicted molar refractivity (Wildman–Crippen MR) is 201 cm³/mol. The van der Waals surface area contributed by atoms with E-state index in [9.17, 15) is 0 Å². The Morgan fingerprint density at radius 2 is 0.900 bits per heavy atom. The zero-order chi connectivity index (χ0) is 33.0. The normalized spacial score (nSPS) is 11.6. The van der Waals surface area contributed by atoms with Crippen LogP contribution in [0, 0.1) is 0 Å². The maximum atomic E-state index is 6.86. The largest absolute Gasteiger partial charge is 0.453 e. The fraction of sp³-hybridized carbons (Fsp3) is 0. The Kier molecular flexibility index (Phi) is 6.39. The Hall–Kier alpha value is -6.92. The van der Waals surface area contributed by atoms with Crippen molar-refractivity contribution in [2.75, 3.05) is 0 Å². The number of rotatable bonds is 5. The Morgan fingerprint density at radius 1 is 0.400 bits per heavy atom. The van der Waals surface area contributed by atoms with Gasteiger partial charge in [-0.1, -0.05) is 115 Å². The standard InChI is InChI=1S/C44H27N5O/c1-4-14-28(15-5-1)38-37-39-41(50-40(37)33-20-10-12-22-35(33)45-38)34-21-11-13-23-36(34)49(39)32-26-24-31(25-27-32)44-47-42(29-16-6-2-7-17-29)46-43(48-44)30-18-8-3-9-19-30/h1-27H. The van der Waals surface area contributed by atoms with Gasteiger partial charge in [-0.15, -0.1) is 0 Å². The molecule has 234 valence electrons. The van der Waals surface area contributed by atoms with Crippen molar-refractivity contribution in [3.05, 3.63) is 164 Å². The summed E-state index contributed by atoms with van der Waals surface area (Å²) < 4.78 is 9.15. The van der Waals surface area contributed by atoms with Crippen LogP contribution in [0.15, 0.2) is 168 Å². The van der Waals surface area contributed by atoms with Crippen LogP contribution in [0.25, 0.3) is 95.0 Å². The van der Waals surface area contributed by atoms with E-state index in [1.807, 2.05) is 84.9 Å². The minimum Gasteiger partial charge on any atom is -0.453 e. The molecule has 0 fully saturated rings. The molecule has 0 radical (unpaired) electrons. The van der Waals surface area contributed by atoms with Crippen LogP contribution in [0.4, 0.5) is 0 Å². The average molecular weight is 642 g/mol. The summed E-state index contributed by atoms with van der Waals surface area (Å²) in [5, 5.41) is 3.02. The number of aromatic nitrogens is 5. The molecule has 4 heterocycles. The molecule has 0 aliphatic rings. The van der Waals surface area contributed by atoms with Gasteiger partial charge in [0, 0.05) is 38.7 Å². The van der Waals surface area contributed by atoms with Crippen LogP contribution in [0.2, 0.25) is 0 Å². The fourth-order valence-corrected chi connectivity index (χ4v) is 6.92. The molecule has 0 saturated carbocycles. The summed E-state index contributed by atoms with van der Waals surface area (Å²) in [4.78, 5) is 20.0. The average Bonchev–Trinajstić information content (AvgIpc) is 3.74. The second-order valence-electron chi connectivity index (χ2n) is 12.3. The number of hydrogen-bond acceptors (Lipinski definition) is 5. The molecule has 10 aromatic rings. The van der Waals surface area contributed by atoms with E-state index in [1.54, 1.807) is 0 Å². The van der Waals surface area contributed by atoms with Crippen molar-refractivity contribution in [3.63, 3.8) is 0 Å². The molecule has 50 heavy (non-hydrogen) atoms. The summed E-state index contributed by atoms with van der Waals surface area (Å²) >= 11 is 0. The summed E-state index contributed by atoms with van der Waals surface area (Å²) in [6.45, 7) is 0. The van der Waals surface area contributed by atoms with Crippen molar-refractivity contribution in [2.24, 2.45) is 0 Å². The summed E-state index contributed by atoms with van der Waals surface area (Å²) in [5.41, 5.74) is 10.3. The molecular formula is C44H27N5O. The highest BCUT2D eigenvalue weighted by molar-refractivity contribution is 6.24. The van der Waals surface area contributed by atoms with Gasteiger partial charge in [0.2, 0.25) is 0 Å². The van der Waals surface area contributed by atoms with Gasteiger partial charge < -0.3 is 8.98 Å². The second kappa shape index (κ2) is 11.4. The number of nitrogens with zero attached hydrogens (tertiary/aromatic N) is 5. The highest BCUT2D eigenvalue weighted by atomic mass is 16.3. The number of benzene rings is 6. The van der Waals surface area contributed by atoms with E-state index >= 15 is 0 Å². The van der Waals surface area contributed by atoms with Gasteiger partial charge in [0.1, 0.15) is 11.1 Å². The Labute approximate surface area is 287 Å². The Balaban J connectivity index is 1.20. The third kappa shape index (κ3) is 4.50. The summed E-state index contributed by atoms with van der Waals surface area (Å²) in [5.74, 6) is 1.88. The van der Waals surface area contributed by atoms with Crippen molar-refractivity contribution in [1.29, 1.82) is 0 Å². The van der Waals surface area contributed by atoms with Crippen LogP contribution in [0.5, 0.6) is 0 Å². The van der Waals surface area contributed by atoms with Gasteiger partial charge in [0.25, 0.3) is 0 Å². The van der Waals surface area contributed by atoms with Crippen molar-refractivity contribution in [3.8, 4) is 51.1 Å². The molecule has 0 atom stereocenters. The van der Waals surface area contributed by atoms with E-state index in [1.165, 1.54) is 0 Å². The minimum atomic E-state index is 0.613. The Morgan fingerprint density at radius 3 is 1.52 bits per heavy atom. The lowest BCUT2D eigenvalue weighted by atomic mass is 10.0. The number of fused-ring (bicyclic) bond motifs is 7. The van der Waals surface area contributed by atoms with E-state index in [4.69, 9.17) is 24.4 Å². The van der Waals surface area contributed by atoms with Gasteiger partial charge in [-0.2, -0.15) is 0 Å². The molecule has 0 spiro atoms. The zero-order valence-corrected chi connectivity index (χ0v) is 26.7. The van der Waals surface area contributed by atoms with Crippen molar-refractivity contribution in [2.45, 2.75) is 0 Å². The van der Waals surface area contributed by atoms with Crippen molar-refractivity contribution < 1.29 is 4.42 Å². The minimum absolute atomic E-state index is 0.613. The Bertz CT molecular complexity index is 2780. The smallest absolute Gasteiger partial charge is 0.164 e. The highest BCUT2D eigenvalue weighted by Gasteiger charge is 2.24. The predicted octanol–water partition coefficient (Wildman–Crippen LogP) is 10.9. The quantitative estimate of drug-likeness (QED) is 0.187. The molecule has 0 N–H and O–H groups in total. The highest BCUT2D eigenvalue weighted by Crippen LogP contribution is 2.44. The molecule has 6 heteroatoms. The van der Waals surface area contributed by atoms with E-state index in [-0.39, 0.29) is 0 Å². The van der Waals surface area contributed by atoms with E-state index < -0.39 is 0 Å². The number of hydrogen-bond donors (Lipinski definition) is 0. The molecule has 6 nitrogen and oxygen atoms in total. The fourth-order valence-electron chi connectivity index (χ4n) is 6.92. The lowest BCUT2D eigenvalue weighted by molar-refractivity contribution is 0.676. The number of pyridine rings is 1. The van der Waals surface area contributed by atoms with Gasteiger partial charge in [-0.3, -0.25) is 0 Å². The first-order valence-electron chi connectivity index (χ1n) is 16.6. The lowest BCUT2D eigenvalue weighted by Crippen LogP contribution is -2.00. The number of furan rings is 1. The van der Waals surface area contributed by atoms with Crippen LogP contribution in [0.1, 0.15) is 0 Å². The van der Waals surface area contributed by atoms with Crippen LogP contribution in [0.3, 0.4) is 0 Å². The van der Waals surface area contributed by atoms with E-state index in [0.29, 0.717) is 17.5 Å².